The number of aryl methyl sites for hydroxylation is 1. The van der Waals surface area contributed by atoms with Crippen molar-refractivity contribution < 1.29 is 14.1 Å². The molecule has 8 heteroatoms. The van der Waals surface area contributed by atoms with Crippen LogP contribution in [0.4, 0.5) is 5.69 Å². The van der Waals surface area contributed by atoms with Gasteiger partial charge in [-0.3, -0.25) is 19.9 Å². The number of rotatable bonds is 4. The Labute approximate surface area is 142 Å². The molecule has 2 heterocycles. The van der Waals surface area contributed by atoms with Crippen molar-refractivity contribution in [1.29, 1.82) is 0 Å². The second-order valence-electron chi connectivity index (χ2n) is 5.11. The summed E-state index contributed by atoms with van der Waals surface area (Å²) in [4.78, 5) is 33.8. The van der Waals surface area contributed by atoms with E-state index in [0.717, 1.165) is 0 Å². The van der Waals surface area contributed by atoms with E-state index in [0.29, 0.717) is 22.8 Å². The predicted octanol–water partition coefficient (Wildman–Crippen LogP) is 3.21. The average molecular weight is 336 g/mol. The van der Waals surface area contributed by atoms with E-state index in [-0.39, 0.29) is 11.4 Å². The first-order valence-electron chi connectivity index (χ1n) is 7.24. The van der Waals surface area contributed by atoms with Gasteiger partial charge in [-0.25, -0.2) is 9.98 Å². The maximum atomic E-state index is 11.9. The van der Waals surface area contributed by atoms with Crippen molar-refractivity contribution in [1.82, 2.24) is 9.97 Å². The second-order valence-corrected chi connectivity index (χ2v) is 5.11. The van der Waals surface area contributed by atoms with Crippen LogP contribution in [0.25, 0.3) is 11.3 Å². The van der Waals surface area contributed by atoms with Crippen LogP contribution in [0.15, 0.2) is 58.2 Å². The van der Waals surface area contributed by atoms with Gasteiger partial charge in [-0.1, -0.05) is 0 Å². The topological polar surface area (TPSA) is 111 Å². The summed E-state index contributed by atoms with van der Waals surface area (Å²) < 4.78 is 5.57. The summed E-state index contributed by atoms with van der Waals surface area (Å²) in [6, 6.07) is 9.30. The Balaban J connectivity index is 1.73. The normalized spacial score (nSPS) is 10.9. The van der Waals surface area contributed by atoms with Gasteiger partial charge in [0, 0.05) is 23.9 Å². The van der Waals surface area contributed by atoms with E-state index in [2.05, 4.69) is 15.0 Å². The van der Waals surface area contributed by atoms with Crippen molar-refractivity contribution in [2.75, 3.05) is 0 Å². The average Bonchev–Trinajstić information content (AvgIpc) is 3.09. The summed E-state index contributed by atoms with van der Waals surface area (Å²) in [6.45, 7) is 1.77. The fraction of sp³-hybridized carbons (Fsp3) is 0.0588. The summed E-state index contributed by atoms with van der Waals surface area (Å²) in [6.07, 6.45) is 4.14. The molecule has 0 saturated carbocycles. The highest BCUT2D eigenvalue weighted by Crippen LogP contribution is 2.24. The molecule has 3 aromatic rings. The molecule has 124 valence electrons. The molecular weight excluding hydrogens is 324 g/mol. The number of hydrogen-bond acceptors (Lipinski definition) is 6. The van der Waals surface area contributed by atoms with Crippen LogP contribution in [-0.2, 0) is 0 Å². The first kappa shape index (κ1) is 16.2. The van der Waals surface area contributed by atoms with Crippen LogP contribution >= 0.6 is 0 Å². The number of amides is 1. The van der Waals surface area contributed by atoms with Crippen molar-refractivity contribution in [3.63, 3.8) is 0 Å². The Morgan fingerprint density at radius 3 is 2.56 bits per heavy atom. The molecule has 8 nitrogen and oxygen atoms in total. The van der Waals surface area contributed by atoms with E-state index >= 15 is 0 Å². The monoisotopic (exact) mass is 336 g/mol. The lowest BCUT2D eigenvalue weighted by molar-refractivity contribution is -0.384. The molecule has 3 rings (SSSR count). The smallest absolute Gasteiger partial charge is 0.297 e. The fourth-order valence-corrected chi connectivity index (χ4v) is 2.02. The lowest BCUT2D eigenvalue weighted by Gasteiger charge is -1.96. The first-order chi connectivity index (χ1) is 12.0. The summed E-state index contributed by atoms with van der Waals surface area (Å²) in [7, 11) is 0. The SMILES string of the molecule is Cc1cnc(C(=O)N=Cc2ccc(-c3ccc([N+](=O)[O-])cc3)o2)cn1. The zero-order valence-corrected chi connectivity index (χ0v) is 13.1. The molecule has 0 saturated heterocycles. The van der Waals surface area contributed by atoms with Crippen LogP contribution in [0.1, 0.15) is 21.9 Å². The quantitative estimate of drug-likeness (QED) is 0.411. The van der Waals surface area contributed by atoms with Gasteiger partial charge in [0.25, 0.3) is 11.6 Å². The van der Waals surface area contributed by atoms with E-state index in [9.17, 15) is 14.9 Å². The van der Waals surface area contributed by atoms with Gasteiger partial charge in [0.2, 0.25) is 0 Å². The van der Waals surface area contributed by atoms with Crippen LogP contribution in [0.5, 0.6) is 0 Å². The molecule has 0 bridgehead atoms. The maximum Gasteiger partial charge on any atom is 0.297 e. The molecule has 0 radical (unpaired) electrons. The zero-order chi connectivity index (χ0) is 17.8. The number of nitro benzene ring substituents is 1. The minimum Gasteiger partial charge on any atom is -0.455 e. The van der Waals surface area contributed by atoms with Gasteiger partial charge in [-0.05, 0) is 31.2 Å². The van der Waals surface area contributed by atoms with Gasteiger partial charge in [0.15, 0.2) is 0 Å². The van der Waals surface area contributed by atoms with E-state index in [1.165, 1.54) is 30.7 Å². The number of nitro groups is 1. The highest BCUT2D eigenvalue weighted by Gasteiger charge is 2.09. The molecule has 25 heavy (non-hydrogen) atoms. The minimum atomic E-state index is -0.527. The van der Waals surface area contributed by atoms with Gasteiger partial charge in [-0.2, -0.15) is 0 Å². The Morgan fingerprint density at radius 1 is 1.16 bits per heavy atom. The largest absolute Gasteiger partial charge is 0.455 e. The van der Waals surface area contributed by atoms with Crippen LogP contribution in [-0.4, -0.2) is 27.0 Å². The minimum absolute atomic E-state index is 0.00176. The van der Waals surface area contributed by atoms with Crippen molar-refractivity contribution in [2.24, 2.45) is 4.99 Å². The lowest BCUT2D eigenvalue weighted by Crippen LogP contribution is -2.00. The molecular formula is C17H12N4O4. The summed E-state index contributed by atoms with van der Waals surface area (Å²) >= 11 is 0. The van der Waals surface area contributed by atoms with Crippen LogP contribution in [0, 0.1) is 17.0 Å². The zero-order valence-electron chi connectivity index (χ0n) is 13.1. The molecule has 0 unspecified atom stereocenters. The number of carbonyl (C=O) groups is 1. The molecule has 1 amide bonds. The number of aromatic nitrogens is 2. The highest BCUT2D eigenvalue weighted by atomic mass is 16.6. The number of aliphatic imine (C=N–C) groups is 1. The van der Waals surface area contributed by atoms with Gasteiger partial charge < -0.3 is 4.42 Å². The highest BCUT2D eigenvalue weighted by molar-refractivity contribution is 5.99. The third kappa shape index (κ3) is 3.81. The second kappa shape index (κ2) is 6.83. The standard InChI is InChI=1S/C17H12N4O4/c1-11-8-19-15(10-18-11)17(22)20-9-14-6-7-16(25-14)12-2-4-13(5-3-12)21(23)24/h2-10H,1H3. The summed E-state index contributed by atoms with van der Waals surface area (Å²) in [5, 5.41) is 10.7. The fourth-order valence-electron chi connectivity index (χ4n) is 2.02. The van der Waals surface area contributed by atoms with Gasteiger partial charge in [-0.15, -0.1) is 0 Å². The number of carbonyl (C=O) groups excluding carboxylic acids is 1. The van der Waals surface area contributed by atoms with Crippen LogP contribution in [0.3, 0.4) is 0 Å². The number of non-ortho nitro benzene ring substituents is 1. The molecule has 1 aromatic carbocycles. The molecule has 2 aromatic heterocycles. The molecule has 0 aliphatic heterocycles. The summed E-state index contributed by atoms with van der Waals surface area (Å²) in [5.74, 6) is 0.362. The number of furan rings is 1. The maximum absolute atomic E-state index is 11.9. The third-order valence-corrected chi connectivity index (χ3v) is 3.30. The van der Waals surface area contributed by atoms with Gasteiger partial charge in [0.05, 0.1) is 23.0 Å². The van der Waals surface area contributed by atoms with Crippen molar-refractivity contribution >= 4 is 17.8 Å². The predicted molar refractivity (Wildman–Crippen MR) is 89.5 cm³/mol. The number of benzene rings is 1. The molecule has 0 aliphatic carbocycles. The summed E-state index contributed by atoms with van der Waals surface area (Å²) in [5.41, 5.74) is 1.53. The molecule has 0 aliphatic rings. The molecule has 0 fully saturated rings. The van der Waals surface area contributed by atoms with Crippen LogP contribution in [0.2, 0.25) is 0 Å². The van der Waals surface area contributed by atoms with E-state index in [1.54, 1.807) is 31.2 Å². The first-order valence-corrected chi connectivity index (χ1v) is 7.24. The Bertz CT molecular complexity index is 944. The van der Waals surface area contributed by atoms with Gasteiger partial charge in [0.1, 0.15) is 17.2 Å². The van der Waals surface area contributed by atoms with E-state index in [1.807, 2.05) is 0 Å². The van der Waals surface area contributed by atoms with E-state index in [4.69, 9.17) is 4.42 Å². The van der Waals surface area contributed by atoms with Crippen molar-refractivity contribution in [3.8, 4) is 11.3 Å². The van der Waals surface area contributed by atoms with Crippen molar-refractivity contribution in [3.05, 3.63) is 76.1 Å². The van der Waals surface area contributed by atoms with E-state index < -0.39 is 10.8 Å². The Kier molecular flexibility index (Phi) is 4.42. The molecule has 0 atom stereocenters. The Hall–Kier alpha value is -3.68. The number of hydrogen-bond donors (Lipinski definition) is 0. The third-order valence-electron chi connectivity index (χ3n) is 3.30. The molecule has 0 spiro atoms. The van der Waals surface area contributed by atoms with Gasteiger partial charge >= 0.3 is 0 Å². The molecule has 0 N–H and O–H groups in total. The lowest BCUT2D eigenvalue weighted by atomic mass is 10.1. The van der Waals surface area contributed by atoms with Crippen LogP contribution < -0.4 is 0 Å². The van der Waals surface area contributed by atoms with Crippen molar-refractivity contribution in [2.45, 2.75) is 6.92 Å². The number of nitrogens with zero attached hydrogens (tertiary/aromatic N) is 4. The Morgan fingerprint density at radius 2 is 1.92 bits per heavy atom.